The van der Waals surface area contributed by atoms with Gasteiger partial charge in [0.15, 0.2) is 0 Å². The molecule has 3 heterocycles. The minimum absolute atomic E-state index is 0.0800. The second-order valence-corrected chi connectivity index (χ2v) is 10.6. The summed E-state index contributed by atoms with van der Waals surface area (Å²) < 4.78 is 7.49. The molecule has 0 bridgehead atoms. The van der Waals surface area contributed by atoms with Crippen LogP contribution in [-0.2, 0) is 22.6 Å². The summed E-state index contributed by atoms with van der Waals surface area (Å²) in [6.07, 6.45) is 4.29. The van der Waals surface area contributed by atoms with Crippen molar-refractivity contribution in [3.8, 4) is 0 Å². The average molecular weight is 487 g/mol. The summed E-state index contributed by atoms with van der Waals surface area (Å²) in [6.45, 7) is 6.56. The highest BCUT2D eigenvalue weighted by Crippen LogP contribution is 2.36. The first kappa shape index (κ1) is 23.3. The fraction of sp³-hybridized carbons (Fsp3) is 0.448. The summed E-state index contributed by atoms with van der Waals surface area (Å²) in [6, 6.07) is 18.3. The number of carbonyl (C=O) groups is 2. The number of nitrogens with one attached hydrogen (secondary N) is 1. The first-order valence-corrected chi connectivity index (χ1v) is 13.2. The Morgan fingerprint density at radius 3 is 2.53 bits per heavy atom. The summed E-state index contributed by atoms with van der Waals surface area (Å²) in [7, 11) is 0. The zero-order valence-corrected chi connectivity index (χ0v) is 20.9. The van der Waals surface area contributed by atoms with E-state index in [4.69, 9.17) is 4.74 Å². The smallest absolute Gasteiger partial charge is 0.275 e. The Morgan fingerprint density at radius 1 is 1.06 bits per heavy atom. The van der Waals surface area contributed by atoms with Gasteiger partial charge in [-0.1, -0.05) is 43.2 Å². The minimum Gasteiger partial charge on any atom is -0.379 e. The van der Waals surface area contributed by atoms with Gasteiger partial charge in [0.05, 0.1) is 19.8 Å². The lowest BCUT2D eigenvalue weighted by molar-refractivity contribution is -0.127. The highest BCUT2D eigenvalue weighted by atomic mass is 16.5. The van der Waals surface area contributed by atoms with Crippen LogP contribution in [0.15, 0.2) is 54.6 Å². The van der Waals surface area contributed by atoms with Crippen molar-refractivity contribution in [3.05, 3.63) is 65.9 Å². The van der Waals surface area contributed by atoms with E-state index in [0.29, 0.717) is 12.2 Å². The predicted molar refractivity (Wildman–Crippen MR) is 140 cm³/mol. The number of benzene rings is 2. The Labute approximate surface area is 212 Å². The normalized spacial score (nSPS) is 23.2. The van der Waals surface area contributed by atoms with Gasteiger partial charge in [0, 0.05) is 42.3 Å². The largest absolute Gasteiger partial charge is 0.379 e. The molecule has 188 valence electrons. The van der Waals surface area contributed by atoms with Gasteiger partial charge >= 0.3 is 0 Å². The third-order valence-corrected chi connectivity index (χ3v) is 8.08. The molecule has 1 aliphatic carbocycles. The van der Waals surface area contributed by atoms with Crippen molar-refractivity contribution in [2.45, 2.75) is 57.3 Å². The van der Waals surface area contributed by atoms with Crippen molar-refractivity contribution < 1.29 is 14.3 Å². The van der Waals surface area contributed by atoms with Crippen LogP contribution in [0.25, 0.3) is 10.9 Å². The number of rotatable bonds is 5. The Morgan fingerprint density at radius 2 is 1.78 bits per heavy atom. The zero-order valence-electron chi connectivity index (χ0n) is 20.9. The molecule has 2 fully saturated rings. The number of para-hydroxylation sites is 1. The van der Waals surface area contributed by atoms with Gasteiger partial charge in [0.25, 0.3) is 5.91 Å². The molecule has 1 atom stereocenters. The standard InChI is InChI=1S/C29H34N4O3/c1-29(28(35)30-23-7-3-4-8-23)20-32-25-9-5-2-6-22(25)18-26(32)27(34)33(29)24-12-10-21(11-13-24)19-31-14-16-36-17-15-31/h2,5-6,9-13,18,23H,3-4,7-8,14-17,19-20H2,1H3,(H,30,35)/t29-/m1/s1. The van der Waals surface area contributed by atoms with Gasteiger partial charge in [0.2, 0.25) is 5.91 Å². The van der Waals surface area contributed by atoms with Crippen molar-refractivity contribution in [1.29, 1.82) is 0 Å². The Balaban J connectivity index is 1.36. The van der Waals surface area contributed by atoms with Crippen LogP contribution >= 0.6 is 0 Å². The van der Waals surface area contributed by atoms with Gasteiger partial charge in [-0.15, -0.1) is 0 Å². The topological polar surface area (TPSA) is 66.8 Å². The number of anilines is 1. The monoisotopic (exact) mass is 486 g/mol. The van der Waals surface area contributed by atoms with Gasteiger partial charge in [-0.05, 0) is 49.6 Å². The molecule has 3 aliphatic rings. The number of hydrogen-bond donors (Lipinski definition) is 1. The maximum absolute atomic E-state index is 14.0. The van der Waals surface area contributed by atoms with Crippen molar-refractivity contribution in [2.24, 2.45) is 0 Å². The number of ether oxygens (including phenoxy) is 1. The van der Waals surface area contributed by atoms with Gasteiger partial charge in [-0.3, -0.25) is 19.4 Å². The molecule has 36 heavy (non-hydrogen) atoms. The van der Waals surface area contributed by atoms with E-state index >= 15 is 0 Å². The molecule has 2 amide bonds. The molecular weight excluding hydrogens is 452 g/mol. The molecule has 2 aliphatic heterocycles. The van der Waals surface area contributed by atoms with Crippen molar-refractivity contribution >= 4 is 28.4 Å². The van der Waals surface area contributed by atoms with Gasteiger partial charge in [-0.25, -0.2) is 0 Å². The average Bonchev–Trinajstić information content (AvgIpc) is 3.54. The van der Waals surface area contributed by atoms with Crippen LogP contribution in [0.5, 0.6) is 0 Å². The summed E-state index contributed by atoms with van der Waals surface area (Å²) in [5.74, 6) is -0.217. The number of amides is 2. The van der Waals surface area contributed by atoms with E-state index in [1.807, 2.05) is 54.0 Å². The number of nitrogens with zero attached hydrogens (tertiary/aromatic N) is 3. The van der Waals surface area contributed by atoms with E-state index in [2.05, 4.69) is 22.3 Å². The van der Waals surface area contributed by atoms with Crippen LogP contribution < -0.4 is 10.2 Å². The van der Waals surface area contributed by atoms with Crippen LogP contribution in [-0.4, -0.2) is 59.2 Å². The number of carbonyl (C=O) groups excluding carboxylic acids is 2. The molecule has 6 rings (SSSR count). The molecule has 7 nitrogen and oxygen atoms in total. The molecule has 0 spiro atoms. The van der Waals surface area contributed by atoms with E-state index in [0.717, 1.165) is 75.1 Å². The van der Waals surface area contributed by atoms with E-state index in [9.17, 15) is 9.59 Å². The minimum atomic E-state index is -1.04. The van der Waals surface area contributed by atoms with Crippen LogP contribution in [0, 0.1) is 0 Å². The van der Waals surface area contributed by atoms with Crippen LogP contribution in [0.3, 0.4) is 0 Å². The number of morpholine rings is 1. The van der Waals surface area contributed by atoms with E-state index in [-0.39, 0.29) is 17.9 Å². The van der Waals surface area contributed by atoms with Crippen molar-refractivity contribution in [1.82, 2.24) is 14.8 Å². The lowest BCUT2D eigenvalue weighted by Crippen LogP contribution is -2.65. The Hall–Kier alpha value is -3.16. The van der Waals surface area contributed by atoms with Gasteiger partial charge in [0.1, 0.15) is 11.2 Å². The quantitative estimate of drug-likeness (QED) is 0.593. The molecule has 1 saturated heterocycles. The van der Waals surface area contributed by atoms with E-state index in [1.165, 1.54) is 5.56 Å². The molecule has 0 radical (unpaired) electrons. The second-order valence-electron chi connectivity index (χ2n) is 10.6. The fourth-order valence-electron chi connectivity index (χ4n) is 6.03. The van der Waals surface area contributed by atoms with Crippen molar-refractivity contribution in [2.75, 3.05) is 31.2 Å². The molecular formula is C29H34N4O3. The number of fused-ring (bicyclic) bond motifs is 3. The van der Waals surface area contributed by atoms with Crippen LogP contribution in [0.2, 0.25) is 0 Å². The second kappa shape index (κ2) is 9.37. The first-order valence-electron chi connectivity index (χ1n) is 13.2. The first-order chi connectivity index (χ1) is 17.5. The maximum atomic E-state index is 14.0. The molecule has 1 aromatic heterocycles. The number of hydrogen-bond acceptors (Lipinski definition) is 4. The molecule has 2 aromatic carbocycles. The van der Waals surface area contributed by atoms with Crippen molar-refractivity contribution in [3.63, 3.8) is 0 Å². The zero-order chi connectivity index (χ0) is 24.7. The van der Waals surface area contributed by atoms with Gasteiger partial charge in [-0.2, -0.15) is 0 Å². The molecule has 3 aromatic rings. The SMILES string of the molecule is C[C@]1(C(=O)NC2CCCC2)Cn2c(cc3ccccc32)C(=O)N1c1ccc(CN2CCOCC2)cc1. The molecule has 7 heteroatoms. The fourth-order valence-corrected chi connectivity index (χ4v) is 6.03. The molecule has 1 N–H and O–H groups in total. The third kappa shape index (κ3) is 4.10. The van der Waals surface area contributed by atoms with E-state index < -0.39 is 5.54 Å². The van der Waals surface area contributed by atoms with Gasteiger partial charge < -0.3 is 14.6 Å². The Bertz CT molecular complexity index is 1270. The lowest BCUT2D eigenvalue weighted by Gasteiger charge is -2.44. The molecule has 0 unspecified atom stereocenters. The maximum Gasteiger partial charge on any atom is 0.275 e. The van der Waals surface area contributed by atoms with Crippen LogP contribution in [0.1, 0.15) is 48.7 Å². The number of aromatic nitrogens is 1. The third-order valence-electron chi connectivity index (χ3n) is 8.08. The lowest BCUT2D eigenvalue weighted by atomic mass is 9.93. The van der Waals surface area contributed by atoms with Crippen LogP contribution in [0.4, 0.5) is 5.69 Å². The summed E-state index contributed by atoms with van der Waals surface area (Å²) in [5.41, 5.74) is 2.52. The highest BCUT2D eigenvalue weighted by Gasteiger charge is 2.49. The summed E-state index contributed by atoms with van der Waals surface area (Å²) in [5, 5.41) is 4.30. The summed E-state index contributed by atoms with van der Waals surface area (Å²) in [4.78, 5) is 32.0. The summed E-state index contributed by atoms with van der Waals surface area (Å²) >= 11 is 0. The predicted octanol–water partition coefficient (Wildman–Crippen LogP) is 3.95. The van der Waals surface area contributed by atoms with E-state index in [1.54, 1.807) is 4.90 Å². The highest BCUT2D eigenvalue weighted by molar-refractivity contribution is 6.14. The Kier molecular flexibility index (Phi) is 6.05. The molecule has 1 saturated carbocycles.